The fourth-order valence-electron chi connectivity index (χ4n) is 2.38. The van der Waals surface area contributed by atoms with Crippen molar-refractivity contribution in [2.45, 2.75) is 27.0 Å². The fourth-order valence-corrected chi connectivity index (χ4v) is 2.38. The molecule has 2 nitrogen and oxygen atoms in total. The van der Waals surface area contributed by atoms with E-state index in [1.165, 1.54) is 16.7 Å². The van der Waals surface area contributed by atoms with Crippen molar-refractivity contribution in [3.8, 4) is 0 Å². The average Bonchev–Trinajstić information content (AvgIpc) is 2.38. The number of aliphatic hydroxyl groups is 1. The minimum Gasteiger partial charge on any atom is -0.392 e. The van der Waals surface area contributed by atoms with Crippen molar-refractivity contribution < 1.29 is 5.11 Å². The molecular formula is C17H21NO. The molecule has 0 unspecified atom stereocenters. The predicted molar refractivity (Wildman–Crippen MR) is 80.4 cm³/mol. The van der Waals surface area contributed by atoms with Gasteiger partial charge in [-0.2, -0.15) is 0 Å². The Hall–Kier alpha value is -1.80. The molecule has 0 saturated carbocycles. The topological polar surface area (TPSA) is 23.5 Å². The second-order valence-corrected chi connectivity index (χ2v) is 5.14. The van der Waals surface area contributed by atoms with Crippen LogP contribution < -0.4 is 4.90 Å². The third-order valence-electron chi connectivity index (χ3n) is 3.32. The summed E-state index contributed by atoms with van der Waals surface area (Å²) in [5, 5.41) is 9.48. The Morgan fingerprint density at radius 3 is 2.42 bits per heavy atom. The molecule has 0 fully saturated rings. The lowest BCUT2D eigenvalue weighted by Crippen LogP contribution is -2.18. The third kappa shape index (κ3) is 3.36. The third-order valence-corrected chi connectivity index (χ3v) is 3.32. The predicted octanol–water partition coefficient (Wildman–Crippen LogP) is 3.43. The molecule has 0 heterocycles. The van der Waals surface area contributed by atoms with E-state index < -0.39 is 0 Å². The van der Waals surface area contributed by atoms with E-state index in [-0.39, 0.29) is 6.61 Å². The summed E-state index contributed by atoms with van der Waals surface area (Å²) < 4.78 is 0. The van der Waals surface area contributed by atoms with Crippen molar-refractivity contribution in [2.75, 3.05) is 11.9 Å². The molecule has 0 aliphatic rings. The van der Waals surface area contributed by atoms with Crippen LogP contribution in [0.2, 0.25) is 0 Å². The summed E-state index contributed by atoms with van der Waals surface area (Å²) in [4.78, 5) is 2.18. The summed E-state index contributed by atoms with van der Waals surface area (Å²) in [6.07, 6.45) is 0. The Balaban J connectivity index is 2.22. The largest absolute Gasteiger partial charge is 0.392 e. The van der Waals surface area contributed by atoms with Gasteiger partial charge in [-0.3, -0.25) is 0 Å². The van der Waals surface area contributed by atoms with Gasteiger partial charge in [0.1, 0.15) is 0 Å². The molecule has 0 aromatic heterocycles. The summed E-state index contributed by atoms with van der Waals surface area (Å²) in [6.45, 7) is 5.07. The lowest BCUT2D eigenvalue weighted by atomic mass is 10.1. The van der Waals surface area contributed by atoms with E-state index >= 15 is 0 Å². The number of hydrogen-bond donors (Lipinski definition) is 1. The van der Waals surface area contributed by atoms with Gasteiger partial charge in [0.05, 0.1) is 6.61 Å². The molecular weight excluding hydrogens is 234 g/mol. The molecule has 2 aromatic rings. The zero-order chi connectivity index (χ0) is 13.8. The Morgan fingerprint density at radius 2 is 1.74 bits per heavy atom. The standard InChI is InChI=1S/C17H21NO/c1-13-5-4-6-15(9-13)11-18(3)17-8-7-14(2)10-16(17)12-19/h4-10,19H,11-12H2,1-3H3. The van der Waals surface area contributed by atoms with Crippen LogP contribution in [0.5, 0.6) is 0 Å². The van der Waals surface area contributed by atoms with Crippen LogP contribution in [0.15, 0.2) is 42.5 Å². The molecule has 100 valence electrons. The molecule has 0 aliphatic heterocycles. The van der Waals surface area contributed by atoms with Crippen molar-refractivity contribution in [3.63, 3.8) is 0 Å². The number of aryl methyl sites for hydroxylation is 2. The number of benzene rings is 2. The molecule has 19 heavy (non-hydrogen) atoms. The van der Waals surface area contributed by atoms with Crippen molar-refractivity contribution in [1.82, 2.24) is 0 Å². The molecule has 2 rings (SSSR count). The number of rotatable bonds is 4. The highest BCUT2D eigenvalue weighted by atomic mass is 16.3. The number of aliphatic hydroxyl groups excluding tert-OH is 1. The van der Waals surface area contributed by atoms with E-state index in [2.05, 4.69) is 55.3 Å². The second kappa shape index (κ2) is 5.89. The van der Waals surface area contributed by atoms with Gasteiger partial charge in [-0.1, -0.05) is 47.5 Å². The Morgan fingerprint density at radius 1 is 1.00 bits per heavy atom. The highest BCUT2D eigenvalue weighted by Gasteiger charge is 2.07. The van der Waals surface area contributed by atoms with Gasteiger partial charge in [-0.25, -0.2) is 0 Å². The van der Waals surface area contributed by atoms with Crippen molar-refractivity contribution in [2.24, 2.45) is 0 Å². The smallest absolute Gasteiger partial charge is 0.0702 e. The van der Waals surface area contributed by atoms with Crippen LogP contribution in [-0.4, -0.2) is 12.2 Å². The summed E-state index contributed by atoms with van der Waals surface area (Å²) in [5.74, 6) is 0. The molecule has 0 aliphatic carbocycles. The van der Waals surface area contributed by atoms with E-state index in [0.29, 0.717) is 0 Å². The van der Waals surface area contributed by atoms with E-state index in [9.17, 15) is 5.11 Å². The monoisotopic (exact) mass is 255 g/mol. The van der Waals surface area contributed by atoms with Crippen LogP contribution in [0, 0.1) is 13.8 Å². The average molecular weight is 255 g/mol. The quantitative estimate of drug-likeness (QED) is 0.904. The van der Waals surface area contributed by atoms with Gasteiger partial charge in [0, 0.05) is 24.8 Å². The van der Waals surface area contributed by atoms with Crippen LogP contribution in [0.1, 0.15) is 22.3 Å². The van der Waals surface area contributed by atoms with E-state index in [1.807, 2.05) is 13.0 Å². The molecule has 1 N–H and O–H groups in total. The first kappa shape index (κ1) is 13.6. The lowest BCUT2D eigenvalue weighted by Gasteiger charge is -2.22. The number of anilines is 1. The molecule has 0 saturated heterocycles. The first-order valence-electron chi connectivity index (χ1n) is 6.57. The van der Waals surface area contributed by atoms with Gasteiger partial charge in [0.25, 0.3) is 0 Å². The SMILES string of the molecule is Cc1cccc(CN(C)c2ccc(C)cc2CO)c1. The summed E-state index contributed by atoms with van der Waals surface area (Å²) >= 11 is 0. The van der Waals surface area contributed by atoms with Crippen LogP contribution >= 0.6 is 0 Å². The maximum absolute atomic E-state index is 9.48. The lowest BCUT2D eigenvalue weighted by molar-refractivity contribution is 0.282. The summed E-state index contributed by atoms with van der Waals surface area (Å²) in [7, 11) is 2.06. The van der Waals surface area contributed by atoms with Crippen LogP contribution in [0.4, 0.5) is 5.69 Å². The van der Waals surface area contributed by atoms with E-state index in [0.717, 1.165) is 17.8 Å². The van der Waals surface area contributed by atoms with Gasteiger partial charge in [-0.05, 0) is 25.5 Å². The van der Waals surface area contributed by atoms with Crippen LogP contribution in [0.3, 0.4) is 0 Å². The first-order chi connectivity index (χ1) is 9.10. The van der Waals surface area contributed by atoms with Gasteiger partial charge < -0.3 is 10.0 Å². The van der Waals surface area contributed by atoms with Crippen molar-refractivity contribution in [1.29, 1.82) is 0 Å². The van der Waals surface area contributed by atoms with Crippen LogP contribution in [0.25, 0.3) is 0 Å². The van der Waals surface area contributed by atoms with Gasteiger partial charge in [0.2, 0.25) is 0 Å². The van der Waals surface area contributed by atoms with E-state index in [4.69, 9.17) is 0 Å². The molecule has 0 atom stereocenters. The van der Waals surface area contributed by atoms with Crippen LogP contribution in [-0.2, 0) is 13.2 Å². The zero-order valence-electron chi connectivity index (χ0n) is 11.9. The maximum atomic E-state index is 9.48. The second-order valence-electron chi connectivity index (χ2n) is 5.14. The number of hydrogen-bond acceptors (Lipinski definition) is 2. The van der Waals surface area contributed by atoms with Crippen molar-refractivity contribution in [3.05, 3.63) is 64.7 Å². The molecule has 0 radical (unpaired) electrons. The highest BCUT2D eigenvalue weighted by Crippen LogP contribution is 2.22. The molecule has 2 aromatic carbocycles. The zero-order valence-corrected chi connectivity index (χ0v) is 11.9. The molecule has 0 bridgehead atoms. The molecule has 0 amide bonds. The van der Waals surface area contributed by atoms with E-state index in [1.54, 1.807) is 0 Å². The van der Waals surface area contributed by atoms with Gasteiger partial charge >= 0.3 is 0 Å². The molecule has 0 spiro atoms. The molecule has 2 heteroatoms. The first-order valence-corrected chi connectivity index (χ1v) is 6.57. The number of nitrogens with zero attached hydrogens (tertiary/aromatic N) is 1. The maximum Gasteiger partial charge on any atom is 0.0702 e. The Kier molecular flexibility index (Phi) is 4.23. The fraction of sp³-hybridized carbons (Fsp3) is 0.294. The summed E-state index contributed by atoms with van der Waals surface area (Å²) in [5.41, 5.74) is 5.81. The Labute approximate surface area is 115 Å². The summed E-state index contributed by atoms with van der Waals surface area (Å²) in [6, 6.07) is 14.7. The van der Waals surface area contributed by atoms with Crippen molar-refractivity contribution >= 4 is 5.69 Å². The Bertz CT molecular complexity index is 563. The highest BCUT2D eigenvalue weighted by molar-refractivity contribution is 5.54. The van der Waals surface area contributed by atoms with Gasteiger partial charge in [0.15, 0.2) is 0 Å². The normalized spacial score (nSPS) is 10.5. The minimum atomic E-state index is 0.0785. The minimum absolute atomic E-state index is 0.0785. The van der Waals surface area contributed by atoms with Gasteiger partial charge in [-0.15, -0.1) is 0 Å².